The SMILES string of the molecule is COc1ccc(CC(=O)Nc2ccc(NCCc3ccc(Cl)cc3)nn2)cc1. The minimum Gasteiger partial charge on any atom is -0.497 e. The Labute approximate surface area is 168 Å². The first-order chi connectivity index (χ1) is 13.6. The summed E-state index contributed by atoms with van der Waals surface area (Å²) in [6.07, 6.45) is 1.10. The summed E-state index contributed by atoms with van der Waals surface area (Å²) in [5, 5.41) is 14.8. The summed E-state index contributed by atoms with van der Waals surface area (Å²) in [6, 6.07) is 18.6. The van der Waals surface area contributed by atoms with Crippen molar-refractivity contribution in [3.63, 3.8) is 0 Å². The van der Waals surface area contributed by atoms with Gasteiger partial charge < -0.3 is 15.4 Å². The second kappa shape index (κ2) is 9.71. The maximum absolute atomic E-state index is 12.1. The number of hydrogen-bond donors (Lipinski definition) is 2. The van der Waals surface area contributed by atoms with E-state index < -0.39 is 0 Å². The van der Waals surface area contributed by atoms with E-state index in [1.54, 1.807) is 19.2 Å². The lowest BCUT2D eigenvalue weighted by Crippen LogP contribution is -2.16. The zero-order chi connectivity index (χ0) is 19.8. The average Bonchev–Trinajstić information content (AvgIpc) is 2.71. The number of halogens is 1. The molecule has 0 aliphatic carbocycles. The van der Waals surface area contributed by atoms with E-state index in [9.17, 15) is 4.79 Å². The van der Waals surface area contributed by atoms with E-state index in [1.165, 1.54) is 5.56 Å². The van der Waals surface area contributed by atoms with Crippen molar-refractivity contribution in [3.8, 4) is 5.75 Å². The van der Waals surface area contributed by atoms with Gasteiger partial charge in [-0.25, -0.2) is 0 Å². The topological polar surface area (TPSA) is 76.1 Å². The summed E-state index contributed by atoms with van der Waals surface area (Å²) in [5.41, 5.74) is 2.08. The Morgan fingerprint density at radius 2 is 1.57 bits per heavy atom. The number of carbonyl (C=O) groups is 1. The van der Waals surface area contributed by atoms with Gasteiger partial charge in [-0.05, 0) is 53.9 Å². The molecule has 0 saturated heterocycles. The lowest BCUT2D eigenvalue weighted by Gasteiger charge is -2.07. The molecule has 2 aromatic carbocycles. The van der Waals surface area contributed by atoms with Crippen LogP contribution in [0.2, 0.25) is 5.02 Å². The summed E-state index contributed by atoms with van der Waals surface area (Å²) in [6.45, 7) is 0.722. The summed E-state index contributed by atoms with van der Waals surface area (Å²) in [4.78, 5) is 12.1. The van der Waals surface area contributed by atoms with E-state index in [0.29, 0.717) is 11.6 Å². The van der Waals surface area contributed by atoms with E-state index in [0.717, 1.165) is 29.3 Å². The van der Waals surface area contributed by atoms with Crippen LogP contribution in [-0.4, -0.2) is 29.8 Å². The Morgan fingerprint density at radius 1 is 0.929 bits per heavy atom. The van der Waals surface area contributed by atoms with Crippen LogP contribution in [0.4, 0.5) is 11.6 Å². The Balaban J connectivity index is 1.45. The molecule has 28 heavy (non-hydrogen) atoms. The van der Waals surface area contributed by atoms with E-state index in [4.69, 9.17) is 16.3 Å². The zero-order valence-corrected chi connectivity index (χ0v) is 16.2. The fourth-order valence-corrected chi connectivity index (χ4v) is 2.72. The van der Waals surface area contributed by atoms with Crippen LogP contribution in [0.3, 0.4) is 0 Å². The van der Waals surface area contributed by atoms with Gasteiger partial charge in [0.1, 0.15) is 11.6 Å². The van der Waals surface area contributed by atoms with Crippen LogP contribution >= 0.6 is 11.6 Å². The predicted octanol–water partition coefficient (Wildman–Crippen LogP) is 3.97. The van der Waals surface area contributed by atoms with Crippen LogP contribution in [0.5, 0.6) is 5.75 Å². The molecule has 0 saturated carbocycles. The van der Waals surface area contributed by atoms with Crippen molar-refractivity contribution in [2.75, 3.05) is 24.3 Å². The number of rotatable bonds is 8. The van der Waals surface area contributed by atoms with Gasteiger partial charge in [-0.3, -0.25) is 4.79 Å². The highest BCUT2D eigenvalue weighted by Crippen LogP contribution is 2.13. The molecule has 0 aliphatic rings. The predicted molar refractivity (Wildman–Crippen MR) is 111 cm³/mol. The Morgan fingerprint density at radius 3 is 2.21 bits per heavy atom. The Kier molecular flexibility index (Phi) is 6.81. The van der Waals surface area contributed by atoms with Crippen molar-refractivity contribution < 1.29 is 9.53 Å². The number of aromatic nitrogens is 2. The maximum atomic E-state index is 12.1. The van der Waals surface area contributed by atoms with Gasteiger partial charge in [0.05, 0.1) is 13.5 Å². The molecule has 2 N–H and O–H groups in total. The van der Waals surface area contributed by atoms with Gasteiger partial charge in [-0.1, -0.05) is 35.9 Å². The third-order valence-electron chi connectivity index (χ3n) is 4.09. The Bertz CT molecular complexity index is 897. The normalized spacial score (nSPS) is 10.4. The van der Waals surface area contributed by atoms with Crippen molar-refractivity contribution in [1.82, 2.24) is 10.2 Å². The number of amides is 1. The largest absolute Gasteiger partial charge is 0.497 e. The molecule has 0 aliphatic heterocycles. The van der Waals surface area contributed by atoms with Gasteiger partial charge in [0.15, 0.2) is 5.82 Å². The molecular formula is C21H21ClN4O2. The molecule has 1 heterocycles. The van der Waals surface area contributed by atoms with Crippen LogP contribution in [-0.2, 0) is 17.6 Å². The first-order valence-electron chi connectivity index (χ1n) is 8.87. The fraction of sp³-hybridized carbons (Fsp3) is 0.190. The van der Waals surface area contributed by atoms with Crippen molar-refractivity contribution in [2.24, 2.45) is 0 Å². The lowest BCUT2D eigenvalue weighted by molar-refractivity contribution is -0.115. The first kappa shape index (κ1) is 19.6. The minimum absolute atomic E-state index is 0.150. The number of nitrogens with zero attached hydrogens (tertiary/aromatic N) is 2. The smallest absolute Gasteiger partial charge is 0.229 e. The summed E-state index contributed by atoms with van der Waals surface area (Å²) in [5.74, 6) is 1.68. The molecule has 0 unspecified atom stereocenters. The highest BCUT2D eigenvalue weighted by molar-refractivity contribution is 6.30. The molecule has 3 rings (SSSR count). The second-order valence-electron chi connectivity index (χ2n) is 6.18. The molecule has 1 aromatic heterocycles. The third-order valence-corrected chi connectivity index (χ3v) is 4.34. The zero-order valence-electron chi connectivity index (χ0n) is 15.5. The van der Waals surface area contributed by atoms with Crippen LogP contribution < -0.4 is 15.4 Å². The van der Waals surface area contributed by atoms with Crippen LogP contribution in [0.15, 0.2) is 60.7 Å². The van der Waals surface area contributed by atoms with Crippen molar-refractivity contribution >= 4 is 29.1 Å². The standard InChI is InChI=1S/C21H21ClN4O2/c1-28-18-8-4-16(5-9-18)14-21(27)24-20-11-10-19(25-26-20)23-13-12-15-2-6-17(22)7-3-15/h2-11H,12-14H2,1H3,(H,23,25)(H,24,26,27). The number of anilines is 2. The highest BCUT2D eigenvalue weighted by Gasteiger charge is 2.06. The fourth-order valence-electron chi connectivity index (χ4n) is 2.60. The quantitative estimate of drug-likeness (QED) is 0.602. The van der Waals surface area contributed by atoms with Crippen molar-refractivity contribution in [3.05, 3.63) is 76.8 Å². The van der Waals surface area contributed by atoms with E-state index >= 15 is 0 Å². The van der Waals surface area contributed by atoms with Gasteiger partial charge in [0.25, 0.3) is 0 Å². The number of carbonyl (C=O) groups excluding carboxylic acids is 1. The van der Waals surface area contributed by atoms with Gasteiger partial charge >= 0.3 is 0 Å². The van der Waals surface area contributed by atoms with E-state index in [-0.39, 0.29) is 12.3 Å². The summed E-state index contributed by atoms with van der Waals surface area (Å²) >= 11 is 5.88. The van der Waals surface area contributed by atoms with Crippen LogP contribution in [0, 0.1) is 0 Å². The molecule has 144 valence electrons. The van der Waals surface area contributed by atoms with Gasteiger partial charge in [-0.2, -0.15) is 0 Å². The molecular weight excluding hydrogens is 376 g/mol. The Hall–Kier alpha value is -3.12. The number of hydrogen-bond acceptors (Lipinski definition) is 5. The van der Waals surface area contributed by atoms with E-state index in [1.807, 2.05) is 48.5 Å². The highest BCUT2D eigenvalue weighted by atomic mass is 35.5. The minimum atomic E-state index is -0.150. The van der Waals surface area contributed by atoms with Gasteiger partial charge in [-0.15, -0.1) is 10.2 Å². The second-order valence-corrected chi connectivity index (χ2v) is 6.62. The molecule has 0 atom stereocenters. The first-order valence-corrected chi connectivity index (χ1v) is 9.25. The van der Waals surface area contributed by atoms with Crippen molar-refractivity contribution in [1.29, 1.82) is 0 Å². The van der Waals surface area contributed by atoms with Crippen LogP contribution in [0.1, 0.15) is 11.1 Å². The average molecular weight is 397 g/mol. The number of ether oxygens (including phenoxy) is 1. The monoisotopic (exact) mass is 396 g/mol. The van der Waals surface area contributed by atoms with Crippen molar-refractivity contribution in [2.45, 2.75) is 12.8 Å². The molecule has 7 heteroatoms. The number of methoxy groups -OCH3 is 1. The number of nitrogens with one attached hydrogen (secondary N) is 2. The molecule has 0 radical (unpaired) electrons. The third kappa shape index (κ3) is 5.96. The number of benzene rings is 2. The summed E-state index contributed by atoms with van der Waals surface area (Å²) < 4.78 is 5.11. The van der Waals surface area contributed by atoms with Gasteiger partial charge in [0, 0.05) is 11.6 Å². The lowest BCUT2D eigenvalue weighted by atomic mass is 10.1. The van der Waals surface area contributed by atoms with Crippen LogP contribution in [0.25, 0.3) is 0 Å². The van der Waals surface area contributed by atoms with Gasteiger partial charge in [0.2, 0.25) is 5.91 Å². The molecule has 1 amide bonds. The van der Waals surface area contributed by atoms with E-state index in [2.05, 4.69) is 20.8 Å². The summed E-state index contributed by atoms with van der Waals surface area (Å²) in [7, 11) is 1.61. The molecule has 0 fully saturated rings. The maximum Gasteiger partial charge on any atom is 0.229 e. The molecule has 6 nitrogen and oxygen atoms in total. The molecule has 0 spiro atoms. The molecule has 0 bridgehead atoms. The molecule has 3 aromatic rings.